The van der Waals surface area contributed by atoms with E-state index in [-0.39, 0.29) is 0 Å². The van der Waals surface area contributed by atoms with Crippen molar-refractivity contribution < 1.29 is 4.57 Å². The van der Waals surface area contributed by atoms with Crippen LogP contribution in [0.15, 0.2) is 200 Å². The summed E-state index contributed by atoms with van der Waals surface area (Å²) in [5.74, 6) is 0. The minimum atomic E-state index is -3.09. The quantitative estimate of drug-likeness (QED) is 0.129. The van der Waals surface area contributed by atoms with Gasteiger partial charge in [-0.2, -0.15) is 0 Å². The monoisotopic (exact) mass is 704 g/mol. The van der Waals surface area contributed by atoms with Gasteiger partial charge in [-0.25, -0.2) is 0 Å². The van der Waals surface area contributed by atoms with E-state index in [1.54, 1.807) is 0 Å². The molecule has 0 aromatic heterocycles. The molecule has 0 heterocycles. The van der Waals surface area contributed by atoms with E-state index in [2.05, 4.69) is 127 Å². The van der Waals surface area contributed by atoms with Crippen LogP contribution in [0.4, 0.5) is 0 Å². The van der Waals surface area contributed by atoms with Gasteiger partial charge in [0.25, 0.3) is 0 Å². The largest absolute Gasteiger partial charge is 0.309 e. The fraction of sp³-hybridized carbons (Fsp3) is 0. The van der Waals surface area contributed by atoms with Gasteiger partial charge in [-0.15, -0.1) is 0 Å². The number of fused-ring (bicyclic) bond motifs is 2. The molecule has 0 atom stereocenters. The second kappa shape index (κ2) is 12.0. The Morgan fingerprint density at radius 2 is 0.685 bits per heavy atom. The molecule has 0 aliphatic carbocycles. The lowest BCUT2D eigenvalue weighted by atomic mass is 9.86. The van der Waals surface area contributed by atoms with Crippen LogP contribution in [0.1, 0.15) is 0 Å². The third-order valence-corrected chi connectivity index (χ3v) is 14.5. The molecule has 0 bridgehead atoms. The van der Waals surface area contributed by atoms with Gasteiger partial charge in [0, 0.05) is 15.9 Å². The van der Waals surface area contributed by atoms with E-state index in [1.165, 1.54) is 70.2 Å². The van der Waals surface area contributed by atoms with Gasteiger partial charge < -0.3 is 4.57 Å². The predicted octanol–water partition coefficient (Wildman–Crippen LogP) is 13.0. The van der Waals surface area contributed by atoms with Crippen molar-refractivity contribution in [2.45, 2.75) is 0 Å². The number of hydrogen-bond donors (Lipinski definition) is 0. The van der Waals surface area contributed by atoms with Gasteiger partial charge >= 0.3 is 0 Å². The summed E-state index contributed by atoms with van der Waals surface area (Å²) < 4.78 is 15.1. The molecular formula is C52H33OP. The van der Waals surface area contributed by atoms with E-state index >= 15 is 4.57 Å². The van der Waals surface area contributed by atoms with Gasteiger partial charge in [-0.05, 0) is 105 Å². The zero-order valence-corrected chi connectivity index (χ0v) is 30.3. The average Bonchev–Trinajstić information content (AvgIpc) is 3.25. The summed E-state index contributed by atoms with van der Waals surface area (Å²) in [6.45, 7) is 0. The Morgan fingerprint density at radius 3 is 1.22 bits per heavy atom. The van der Waals surface area contributed by atoms with Crippen molar-refractivity contribution in [2.24, 2.45) is 0 Å². The third kappa shape index (κ3) is 4.62. The maximum atomic E-state index is 15.1. The first-order chi connectivity index (χ1) is 26.6. The van der Waals surface area contributed by atoms with Crippen LogP contribution >= 0.6 is 7.14 Å². The Kier molecular flexibility index (Phi) is 6.90. The molecule has 0 saturated heterocycles. The molecule has 11 rings (SSSR count). The maximum absolute atomic E-state index is 15.1. The molecule has 0 saturated carbocycles. The van der Waals surface area contributed by atoms with Crippen LogP contribution in [0.2, 0.25) is 0 Å². The van der Waals surface area contributed by atoms with Crippen molar-refractivity contribution in [3.05, 3.63) is 200 Å². The first-order valence-electron chi connectivity index (χ1n) is 18.5. The molecule has 0 spiro atoms. The fourth-order valence-corrected chi connectivity index (χ4v) is 11.6. The smallest absolute Gasteiger partial charge is 0.171 e. The van der Waals surface area contributed by atoms with Gasteiger partial charge in [-0.3, -0.25) is 0 Å². The van der Waals surface area contributed by atoms with Crippen LogP contribution in [0.25, 0.3) is 86.9 Å². The van der Waals surface area contributed by atoms with E-state index in [0.717, 1.165) is 32.6 Å². The van der Waals surface area contributed by atoms with Gasteiger partial charge in [-0.1, -0.05) is 182 Å². The van der Waals surface area contributed by atoms with Gasteiger partial charge in [0.1, 0.15) is 0 Å². The second-order valence-corrected chi connectivity index (χ2v) is 17.1. The van der Waals surface area contributed by atoms with Crippen molar-refractivity contribution in [3.63, 3.8) is 0 Å². The fourth-order valence-electron chi connectivity index (χ4n) is 8.91. The summed E-state index contributed by atoms with van der Waals surface area (Å²) in [5, 5.41) is 17.9. The highest BCUT2D eigenvalue weighted by Gasteiger charge is 2.29. The van der Waals surface area contributed by atoms with Gasteiger partial charge in [0.05, 0.1) is 0 Å². The molecule has 0 aliphatic heterocycles. The zero-order valence-electron chi connectivity index (χ0n) is 29.4. The van der Waals surface area contributed by atoms with Crippen LogP contribution in [0, 0.1) is 0 Å². The predicted molar refractivity (Wildman–Crippen MR) is 233 cm³/mol. The summed E-state index contributed by atoms with van der Waals surface area (Å²) in [6.07, 6.45) is 0. The van der Waals surface area contributed by atoms with Crippen LogP contribution in [-0.4, -0.2) is 0 Å². The molecule has 11 aromatic rings. The van der Waals surface area contributed by atoms with Crippen molar-refractivity contribution in [1.29, 1.82) is 0 Å². The highest BCUT2D eigenvalue weighted by molar-refractivity contribution is 7.85. The molecule has 54 heavy (non-hydrogen) atoms. The topological polar surface area (TPSA) is 17.1 Å². The molecule has 1 nitrogen and oxygen atoms in total. The summed E-state index contributed by atoms with van der Waals surface area (Å²) in [7, 11) is -3.09. The number of benzene rings is 10. The van der Waals surface area contributed by atoms with Crippen molar-refractivity contribution in [2.75, 3.05) is 0 Å². The summed E-state index contributed by atoms with van der Waals surface area (Å²) >= 11 is 0. The molecule has 252 valence electrons. The average molecular weight is 705 g/mol. The third-order valence-electron chi connectivity index (χ3n) is 11.4. The van der Waals surface area contributed by atoms with E-state index in [4.69, 9.17) is 0 Å². The van der Waals surface area contributed by atoms with Crippen LogP contribution in [0.3, 0.4) is 0 Å². The Bertz CT molecular complexity index is 3220. The Hall–Kier alpha value is -6.53. The van der Waals surface area contributed by atoms with Crippen LogP contribution in [-0.2, 0) is 4.57 Å². The molecule has 0 N–H and O–H groups in total. The van der Waals surface area contributed by atoms with E-state index in [0.29, 0.717) is 0 Å². The molecular weight excluding hydrogens is 672 g/mol. The molecule has 0 fully saturated rings. The standard InChI is InChI=1S/C52H33OP/c53-54(42-15-3-1-4-16-42,43-17-5-2-6-18-43)44-19-7-14-39(32-44)34-23-25-35(26-24-34)41-31-40-30-29-38-12-9-21-46-45-20-8-11-36-27-28-37-13-10-22-47(51(37)49(36)45)48(33-41)52(40)50(38)46/h1-33H. The zero-order chi connectivity index (χ0) is 35.8. The molecule has 0 unspecified atom stereocenters. The highest BCUT2D eigenvalue weighted by atomic mass is 31.2. The first kappa shape index (κ1) is 31.0. The Labute approximate surface area is 313 Å². The van der Waals surface area contributed by atoms with Gasteiger partial charge in [0.15, 0.2) is 7.14 Å². The Morgan fingerprint density at radius 1 is 0.259 bits per heavy atom. The lowest BCUT2D eigenvalue weighted by molar-refractivity contribution is 0.592. The lowest BCUT2D eigenvalue weighted by Gasteiger charge is -2.20. The molecule has 0 aliphatic rings. The SMILES string of the molecule is O=P(c1ccccc1)(c1ccccc1)c1cccc(-c2ccc(-c3cc4ccc5cccc6c7cccc8ccc9cccc(c(c3)c4c56)c9c87)cc2)c1. The maximum Gasteiger partial charge on any atom is 0.171 e. The minimum Gasteiger partial charge on any atom is -0.309 e. The molecule has 2 heteroatoms. The lowest BCUT2D eigenvalue weighted by Crippen LogP contribution is -2.25. The number of rotatable bonds is 5. The van der Waals surface area contributed by atoms with E-state index < -0.39 is 7.14 Å². The summed E-state index contributed by atoms with van der Waals surface area (Å²) in [4.78, 5) is 0. The summed E-state index contributed by atoms with van der Waals surface area (Å²) in [6, 6.07) is 71.0. The van der Waals surface area contributed by atoms with Crippen molar-refractivity contribution in [1.82, 2.24) is 0 Å². The Balaban J connectivity index is 1.10. The van der Waals surface area contributed by atoms with Crippen LogP contribution in [0.5, 0.6) is 0 Å². The normalized spacial score (nSPS) is 12.1. The first-order valence-corrected chi connectivity index (χ1v) is 20.2. The second-order valence-electron chi connectivity index (χ2n) is 14.4. The van der Waals surface area contributed by atoms with E-state index in [1.807, 2.05) is 72.8 Å². The highest BCUT2D eigenvalue weighted by Crippen LogP contribution is 2.45. The van der Waals surface area contributed by atoms with Crippen molar-refractivity contribution >= 4 is 87.7 Å². The van der Waals surface area contributed by atoms with Crippen molar-refractivity contribution in [3.8, 4) is 22.3 Å². The molecule has 0 radical (unpaired) electrons. The molecule has 11 aromatic carbocycles. The minimum absolute atomic E-state index is 0.833. The van der Waals surface area contributed by atoms with Crippen LogP contribution < -0.4 is 15.9 Å². The summed E-state index contributed by atoms with van der Waals surface area (Å²) in [5.41, 5.74) is 4.48. The van der Waals surface area contributed by atoms with Gasteiger partial charge in [0.2, 0.25) is 0 Å². The van der Waals surface area contributed by atoms with E-state index in [9.17, 15) is 0 Å². The molecule has 0 amide bonds. The number of hydrogen-bond acceptors (Lipinski definition) is 1.